The smallest absolute Gasteiger partial charge is 0.341 e. The Balaban J connectivity index is 3.23. The lowest BCUT2D eigenvalue weighted by Crippen LogP contribution is -2.32. The Bertz CT molecular complexity index is 649. The molecule has 1 aromatic rings. The molecule has 0 aliphatic rings. The number of hydrogen-bond acceptors (Lipinski definition) is 4. The van der Waals surface area contributed by atoms with Crippen molar-refractivity contribution in [2.45, 2.75) is 39.8 Å². The number of aromatic nitrogens is 1. The van der Waals surface area contributed by atoms with Gasteiger partial charge < -0.3 is 14.4 Å². The number of carboxylic acids is 1. The topological polar surface area (TPSA) is 85.6 Å². The summed E-state index contributed by atoms with van der Waals surface area (Å²) in [5.41, 5.74) is -0.758. The molecule has 0 saturated carbocycles. The Morgan fingerprint density at radius 2 is 1.95 bits per heavy atom. The molecule has 1 heterocycles. The zero-order chi connectivity index (χ0) is 16.4. The van der Waals surface area contributed by atoms with Gasteiger partial charge in [0.15, 0.2) is 0 Å². The first-order valence-corrected chi connectivity index (χ1v) is 6.37. The molecule has 1 rings (SSSR count). The van der Waals surface area contributed by atoms with Crippen LogP contribution in [0.3, 0.4) is 0 Å². The van der Waals surface area contributed by atoms with Crippen LogP contribution in [0, 0.1) is 0 Å². The van der Waals surface area contributed by atoms with E-state index in [0.717, 1.165) is 4.57 Å². The van der Waals surface area contributed by atoms with Gasteiger partial charge in [-0.1, -0.05) is 6.58 Å². The maximum atomic E-state index is 12.0. The number of carbonyl (C=O) groups excluding carboxylic acids is 1. The van der Waals surface area contributed by atoms with Crippen molar-refractivity contribution in [3.63, 3.8) is 0 Å². The van der Waals surface area contributed by atoms with Crippen LogP contribution in [-0.4, -0.2) is 27.2 Å². The fourth-order valence-corrected chi connectivity index (χ4v) is 1.65. The highest BCUT2D eigenvalue weighted by Crippen LogP contribution is 2.12. The summed E-state index contributed by atoms with van der Waals surface area (Å²) in [5, 5.41) is 9.06. The van der Waals surface area contributed by atoms with E-state index >= 15 is 0 Å². The summed E-state index contributed by atoms with van der Waals surface area (Å²) in [7, 11) is 0. The van der Waals surface area contributed by atoms with Gasteiger partial charge in [0.05, 0.1) is 0 Å². The van der Waals surface area contributed by atoms with Crippen LogP contribution in [0.25, 0.3) is 5.57 Å². The van der Waals surface area contributed by atoms with Crippen molar-refractivity contribution in [1.82, 2.24) is 4.57 Å². The minimum Gasteiger partial charge on any atom is -0.477 e. The van der Waals surface area contributed by atoms with Gasteiger partial charge >= 0.3 is 11.9 Å². The molecule has 1 N–H and O–H groups in total. The Labute approximate surface area is 122 Å². The number of allylic oxidation sites excluding steroid dienone is 1. The first kappa shape index (κ1) is 16.7. The molecule has 21 heavy (non-hydrogen) atoms. The number of pyridine rings is 1. The number of carbonyl (C=O) groups is 2. The van der Waals surface area contributed by atoms with Crippen molar-refractivity contribution < 1.29 is 19.4 Å². The highest BCUT2D eigenvalue weighted by molar-refractivity contribution is 5.88. The van der Waals surface area contributed by atoms with Crippen LogP contribution in [0.15, 0.2) is 23.6 Å². The maximum Gasteiger partial charge on any atom is 0.341 e. The highest BCUT2D eigenvalue weighted by atomic mass is 16.6. The van der Waals surface area contributed by atoms with Gasteiger partial charge in [-0.15, -0.1) is 0 Å². The third-order valence-corrected chi connectivity index (χ3v) is 2.53. The Morgan fingerprint density at radius 1 is 1.38 bits per heavy atom. The van der Waals surface area contributed by atoms with Crippen LogP contribution in [-0.2, 0) is 16.1 Å². The van der Waals surface area contributed by atoms with E-state index in [1.807, 2.05) is 0 Å². The fraction of sp³-hybridized carbons (Fsp3) is 0.400. The molecule has 0 fully saturated rings. The lowest BCUT2D eigenvalue weighted by atomic mass is 10.1. The Kier molecular flexibility index (Phi) is 4.73. The van der Waals surface area contributed by atoms with E-state index in [4.69, 9.17) is 9.84 Å². The summed E-state index contributed by atoms with van der Waals surface area (Å²) in [6, 6.07) is 1.25. The van der Waals surface area contributed by atoms with E-state index in [2.05, 4.69) is 6.58 Å². The minimum absolute atomic E-state index is 0.350. The molecule has 1 aromatic heterocycles. The third kappa shape index (κ3) is 4.59. The standard InChI is InChI=1S/C15H19NO5/c1-9(2)10-6-11(14(19)20)13(18)16(7-10)8-12(17)21-15(3,4)5/h6-7H,1,8H2,2-5H3,(H,19,20). The zero-order valence-electron chi connectivity index (χ0n) is 12.6. The van der Waals surface area contributed by atoms with Gasteiger partial charge in [-0.25, -0.2) is 4.79 Å². The Morgan fingerprint density at radius 3 is 2.38 bits per heavy atom. The van der Waals surface area contributed by atoms with Gasteiger partial charge in [0.1, 0.15) is 17.7 Å². The lowest BCUT2D eigenvalue weighted by Gasteiger charge is -2.20. The fourth-order valence-electron chi connectivity index (χ4n) is 1.65. The highest BCUT2D eigenvalue weighted by Gasteiger charge is 2.19. The number of aromatic carboxylic acids is 1. The van der Waals surface area contributed by atoms with E-state index in [-0.39, 0.29) is 6.54 Å². The van der Waals surface area contributed by atoms with E-state index < -0.39 is 28.7 Å². The quantitative estimate of drug-likeness (QED) is 0.857. The second-order valence-electron chi connectivity index (χ2n) is 5.75. The first-order chi connectivity index (χ1) is 9.51. The molecule has 0 atom stereocenters. The summed E-state index contributed by atoms with van der Waals surface area (Å²) in [6.45, 7) is 10.2. The molecule has 0 radical (unpaired) electrons. The molecule has 0 spiro atoms. The van der Waals surface area contributed by atoms with Crippen molar-refractivity contribution in [3.05, 3.63) is 40.3 Å². The van der Waals surface area contributed by atoms with E-state index in [0.29, 0.717) is 11.1 Å². The molecular weight excluding hydrogens is 274 g/mol. The van der Waals surface area contributed by atoms with E-state index in [1.165, 1.54) is 12.3 Å². The van der Waals surface area contributed by atoms with Gasteiger partial charge in [-0.3, -0.25) is 9.59 Å². The van der Waals surface area contributed by atoms with E-state index in [1.54, 1.807) is 27.7 Å². The predicted molar refractivity (Wildman–Crippen MR) is 78.2 cm³/mol. The maximum absolute atomic E-state index is 12.0. The largest absolute Gasteiger partial charge is 0.477 e. The number of esters is 1. The monoisotopic (exact) mass is 293 g/mol. The molecule has 114 valence electrons. The number of ether oxygens (including phenoxy) is 1. The summed E-state index contributed by atoms with van der Waals surface area (Å²) in [6.07, 6.45) is 1.40. The van der Waals surface area contributed by atoms with Gasteiger partial charge in [0.2, 0.25) is 0 Å². The molecule has 0 aliphatic carbocycles. The first-order valence-electron chi connectivity index (χ1n) is 6.37. The number of carboxylic acid groups (broad SMARTS) is 1. The van der Waals surface area contributed by atoms with Gasteiger partial charge in [-0.05, 0) is 44.9 Å². The second kappa shape index (κ2) is 5.95. The van der Waals surface area contributed by atoms with Crippen molar-refractivity contribution in [3.8, 4) is 0 Å². The molecule has 6 nitrogen and oxygen atoms in total. The predicted octanol–water partition coefficient (Wildman–Crippen LogP) is 1.92. The van der Waals surface area contributed by atoms with Crippen LogP contribution in [0.4, 0.5) is 0 Å². The number of hydrogen-bond donors (Lipinski definition) is 1. The van der Waals surface area contributed by atoms with Gasteiger partial charge in [-0.2, -0.15) is 0 Å². The molecular formula is C15H19NO5. The van der Waals surface area contributed by atoms with Crippen LogP contribution < -0.4 is 5.56 Å². The molecule has 0 bridgehead atoms. The number of nitrogens with zero attached hydrogens (tertiary/aromatic N) is 1. The average Bonchev–Trinajstić information content (AvgIpc) is 2.28. The van der Waals surface area contributed by atoms with Crippen molar-refractivity contribution in [2.75, 3.05) is 0 Å². The molecule has 6 heteroatoms. The van der Waals surface area contributed by atoms with Crippen LogP contribution >= 0.6 is 0 Å². The van der Waals surface area contributed by atoms with Crippen molar-refractivity contribution >= 4 is 17.5 Å². The number of rotatable bonds is 4. The normalized spacial score (nSPS) is 11.0. The molecule has 0 unspecified atom stereocenters. The average molecular weight is 293 g/mol. The molecule has 0 aromatic carbocycles. The van der Waals surface area contributed by atoms with Gasteiger partial charge in [0, 0.05) is 6.20 Å². The summed E-state index contributed by atoms with van der Waals surface area (Å²) >= 11 is 0. The molecule has 0 aliphatic heterocycles. The SMILES string of the molecule is C=C(C)c1cc(C(=O)O)c(=O)n(CC(=O)OC(C)(C)C)c1. The summed E-state index contributed by atoms with van der Waals surface area (Å²) in [4.78, 5) is 34.9. The third-order valence-electron chi connectivity index (χ3n) is 2.53. The van der Waals surface area contributed by atoms with Crippen LogP contribution in [0.1, 0.15) is 43.6 Å². The second-order valence-corrected chi connectivity index (χ2v) is 5.75. The van der Waals surface area contributed by atoms with Crippen LogP contribution in [0.5, 0.6) is 0 Å². The van der Waals surface area contributed by atoms with E-state index in [9.17, 15) is 14.4 Å². The van der Waals surface area contributed by atoms with Crippen LogP contribution in [0.2, 0.25) is 0 Å². The molecule has 0 amide bonds. The van der Waals surface area contributed by atoms with Crippen molar-refractivity contribution in [1.29, 1.82) is 0 Å². The zero-order valence-corrected chi connectivity index (χ0v) is 12.6. The van der Waals surface area contributed by atoms with Gasteiger partial charge in [0.25, 0.3) is 5.56 Å². The summed E-state index contributed by atoms with van der Waals surface area (Å²) in [5.74, 6) is -1.96. The summed E-state index contributed by atoms with van der Waals surface area (Å²) < 4.78 is 6.16. The van der Waals surface area contributed by atoms with Crippen molar-refractivity contribution in [2.24, 2.45) is 0 Å². The lowest BCUT2D eigenvalue weighted by molar-refractivity contribution is -0.155. The minimum atomic E-state index is -1.35. The molecule has 0 saturated heterocycles. The Hall–Kier alpha value is -2.37.